The lowest BCUT2D eigenvalue weighted by Crippen LogP contribution is -2.16. The molecule has 0 saturated carbocycles. The predicted molar refractivity (Wildman–Crippen MR) is 51.9 cm³/mol. The van der Waals surface area contributed by atoms with Gasteiger partial charge in [-0.2, -0.15) is 0 Å². The first-order chi connectivity index (χ1) is 5.80. The third kappa shape index (κ3) is 3.22. The molecule has 0 spiro atoms. The van der Waals surface area contributed by atoms with Crippen LogP contribution in [0.5, 0.6) is 0 Å². The first kappa shape index (κ1) is 9.53. The summed E-state index contributed by atoms with van der Waals surface area (Å²) in [5.74, 6) is 0.484. The zero-order chi connectivity index (χ0) is 8.81. The van der Waals surface area contributed by atoms with E-state index < -0.39 is 0 Å². The molecular formula is C11H18O. The summed E-state index contributed by atoms with van der Waals surface area (Å²) in [6.07, 6.45) is 12.8. The standard InChI is InChI=1S/C11H18O/c1-10(12)11-8-6-4-2-3-5-7-9-11/h2-5,10-12H,6-9H2,1H3. The quantitative estimate of drug-likeness (QED) is 0.635. The van der Waals surface area contributed by atoms with Gasteiger partial charge < -0.3 is 5.11 Å². The highest BCUT2D eigenvalue weighted by Crippen LogP contribution is 2.19. The fourth-order valence-corrected chi connectivity index (χ4v) is 1.60. The molecule has 12 heavy (non-hydrogen) atoms. The number of allylic oxidation sites excluding steroid dienone is 4. The van der Waals surface area contributed by atoms with Gasteiger partial charge in [0.2, 0.25) is 0 Å². The lowest BCUT2D eigenvalue weighted by molar-refractivity contribution is 0.116. The summed E-state index contributed by atoms with van der Waals surface area (Å²) in [6, 6.07) is 0. The Hall–Kier alpha value is -0.560. The van der Waals surface area contributed by atoms with Crippen molar-refractivity contribution in [3.63, 3.8) is 0 Å². The first-order valence-corrected chi connectivity index (χ1v) is 4.80. The Labute approximate surface area is 74.8 Å². The minimum atomic E-state index is -0.148. The molecule has 1 aliphatic rings. The topological polar surface area (TPSA) is 20.2 Å². The van der Waals surface area contributed by atoms with Crippen molar-refractivity contribution in [2.75, 3.05) is 0 Å². The van der Waals surface area contributed by atoms with Gasteiger partial charge in [0.15, 0.2) is 0 Å². The van der Waals surface area contributed by atoms with E-state index in [4.69, 9.17) is 0 Å². The van der Waals surface area contributed by atoms with Gasteiger partial charge in [-0.05, 0) is 38.5 Å². The molecule has 0 saturated heterocycles. The molecule has 1 aliphatic carbocycles. The van der Waals surface area contributed by atoms with Gasteiger partial charge in [-0.15, -0.1) is 0 Å². The van der Waals surface area contributed by atoms with Gasteiger partial charge in [-0.1, -0.05) is 24.3 Å². The van der Waals surface area contributed by atoms with E-state index in [1.807, 2.05) is 6.92 Å². The fraction of sp³-hybridized carbons (Fsp3) is 0.636. The number of rotatable bonds is 1. The Morgan fingerprint density at radius 1 is 1.17 bits per heavy atom. The molecule has 1 N–H and O–H groups in total. The Morgan fingerprint density at radius 2 is 1.67 bits per heavy atom. The lowest BCUT2D eigenvalue weighted by Gasteiger charge is -2.17. The van der Waals surface area contributed by atoms with Gasteiger partial charge in [0.25, 0.3) is 0 Å². The molecule has 1 unspecified atom stereocenters. The van der Waals surface area contributed by atoms with Crippen LogP contribution in [-0.4, -0.2) is 11.2 Å². The van der Waals surface area contributed by atoms with Gasteiger partial charge in [-0.3, -0.25) is 0 Å². The second kappa shape index (κ2) is 5.15. The number of aliphatic hydroxyl groups is 1. The average Bonchev–Trinajstić information content (AvgIpc) is 2.15. The van der Waals surface area contributed by atoms with Crippen LogP contribution in [0.1, 0.15) is 32.6 Å². The second-order valence-corrected chi connectivity index (χ2v) is 3.51. The molecule has 1 atom stereocenters. The summed E-state index contributed by atoms with van der Waals surface area (Å²) >= 11 is 0. The van der Waals surface area contributed by atoms with Crippen LogP contribution in [-0.2, 0) is 0 Å². The van der Waals surface area contributed by atoms with Gasteiger partial charge >= 0.3 is 0 Å². The molecule has 0 radical (unpaired) electrons. The van der Waals surface area contributed by atoms with Crippen molar-refractivity contribution in [3.8, 4) is 0 Å². The van der Waals surface area contributed by atoms with Crippen LogP contribution in [0.2, 0.25) is 0 Å². The van der Waals surface area contributed by atoms with E-state index in [2.05, 4.69) is 24.3 Å². The van der Waals surface area contributed by atoms with E-state index >= 15 is 0 Å². The van der Waals surface area contributed by atoms with Gasteiger partial charge in [0, 0.05) is 0 Å². The molecule has 1 nitrogen and oxygen atoms in total. The summed E-state index contributed by atoms with van der Waals surface area (Å²) in [7, 11) is 0. The van der Waals surface area contributed by atoms with Gasteiger partial charge in [0.1, 0.15) is 0 Å². The average molecular weight is 166 g/mol. The minimum absolute atomic E-state index is 0.148. The SMILES string of the molecule is CC(O)C1CCC=CC=CCC1. The number of aliphatic hydroxyl groups excluding tert-OH is 1. The summed E-state index contributed by atoms with van der Waals surface area (Å²) in [5, 5.41) is 9.44. The normalized spacial score (nSPS) is 27.3. The molecule has 0 aromatic rings. The highest BCUT2D eigenvalue weighted by atomic mass is 16.3. The van der Waals surface area contributed by atoms with Crippen LogP contribution in [0.25, 0.3) is 0 Å². The first-order valence-electron chi connectivity index (χ1n) is 4.80. The fourth-order valence-electron chi connectivity index (χ4n) is 1.60. The molecule has 0 aliphatic heterocycles. The maximum atomic E-state index is 9.44. The number of hydrogen-bond donors (Lipinski definition) is 1. The molecule has 1 heteroatoms. The zero-order valence-electron chi connectivity index (χ0n) is 7.74. The molecular weight excluding hydrogens is 148 g/mol. The van der Waals surface area contributed by atoms with E-state index in [1.165, 1.54) is 0 Å². The third-order valence-corrected chi connectivity index (χ3v) is 2.47. The molecule has 0 aromatic heterocycles. The summed E-state index contributed by atoms with van der Waals surface area (Å²) < 4.78 is 0. The highest BCUT2D eigenvalue weighted by molar-refractivity contribution is 5.03. The van der Waals surface area contributed by atoms with Crippen LogP contribution < -0.4 is 0 Å². The molecule has 0 aromatic carbocycles. The summed E-state index contributed by atoms with van der Waals surface area (Å²) in [5.41, 5.74) is 0. The van der Waals surface area contributed by atoms with E-state index in [0.717, 1.165) is 25.7 Å². The molecule has 1 rings (SSSR count). The van der Waals surface area contributed by atoms with Crippen LogP contribution >= 0.6 is 0 Å². The van der Waals surface area contributed by atoms with E-state index in [-0.39, 0.29) is 6.10 Å². The minimum Gasteiger partial charge on any atom is -0.393 e. The summed E-state index contributed by atoms with van der Waals surface area (Å²) in [6.45, 7) is 1.90. The number of hydrogen-bond acceptors (Lipinski definition) is 1. The van der Waals surface area contributed by atoms with E-state index in [0.29, 0.717) is 5.92 Å². The molecule has 0 fully saturated rings. The van der Waals surface area contributed by atoms with Crippen LogP contribution in [0.3, 0.4) is 0 Å². The second-order valence-electron chi connectivity index (χ2n) is 3.51. The van der Waals surface area contributed by atoms with Crippen molar-refractivity contribution in [2.45, 2.75) is 38.7 Å². The molecule has 68 valence electrons. The smallest absolute Gasteiger partial charge is 0.0540 e. The van der Waals surface area contributed by atoms with Crippen LogP contribution in [0.4, 0.5) is 0 Å². The Morgan fingerprint density at radius 3 is 2.08 bits per heavy atom. The molecule has 0 heterocycles. The van der Waals surface area contributed by atoms with Crippen LogP contribution in [0, 0.1) is 5.92 Å². The van der Waals surface area contributed by atoms with Crippen molar-refractivity contribution >= 4 is 0 Å². The largest absolute Gasteiger partial charge is 0.393 e. The maximum Gasteiger partial charge on any atom is 0.0540 e. The maximum absolute atomic E-state index is 9.44. The van der Waals surface area contributed by atoms with Crippen molar-refractivity contribution in [1.82, 2.24) is 0 Å². The van der Waals surface area contributed by atoms with Crippen molar-refractivity contribution in [1.29, 1.82) is 0 Å². The lowest BCUT2D eigenvalue weighted by atomic mass is 9.93. The predicted octanol–water partition coefficient (Wildman–Crippen LogP) is 2.67. The summed E-state index contributed by atoms with van der Waals surface area (Å²) in [4.78, 5) is 0. The van der Waals surface area contributed by atoms with Gasteiger partial charge in [-0.25, -0.2) is 0 Å². The third-order valence-electron chi connectivity index (χ3n) is 2.47. The van der Waals surface area contributed by atoms with Crippen molar-refractivity contribution in [3.05, 3.63) is 24.3 Å². The monoisotopic (exact) mass is 166 g/mol. The van der Waals surface area contributed by atoms with Crippen LogP contribution in [0.15, 0.2) is 24.3 Å². The Kier molecular flexibility index (Phi) is 4.09. The Bertz CT molecular complexity index is 152. The van der Waals surface area contributed by atoms with Gasteiger partial charge in [0.05, 0.1) is 6.10 Å². The Balaban J connectivity index is 2.44. The van der Waals surface area contributed by atoms with E-state index in [9.17, 15) is 5.11 Å². The molecule has 0 amide bonds. The molecule has 0 bridgehead atoms. The zero-order valence-corrected chi connectivity index (χ0v) is 7.74. The van der Waals surface area contributed by atoms with Crippen molar-refractivity contribution in [2.24, 2.45) is 5.92 Å². The van der Waals surface area contributed by atoms with E-state index in [1.54, 1.807) is 0 Å². The van der Waals surface area contributed by atoms with Crippen molar-refractivity contribution < 1.29 is 5.11 Å². The highest BCUT2D eigenvalue weighted by Gasteiger charge is 2.12.